The summed E-state index contributed by atoms with van der Waals surface area (Å²) in [6.45, 7) is -0.107. The standard InChI is InChI=1S/C16H11BrFN3O2S/c17-11-3-6-15(23)21(7-11)8-14(22)20-16-19-13(9-24-16)10-1-4-12(18)5-2-10/h1-7,9H,8H2,(H,19,20,22). The number of anilines is 1. The maximum atomic E-state index is 12.9. The van der Waals surface area contributed by atoms with Gasteiger partial charge in [0.1, 0.15) is 12.4 Å². The molecule has 0 aliphatic rings. The average Bonchev–Trinajstić information content (AvgIpc) is 3.00. The van der Waals surface area contributed by atoms with Gasteiger partial charge in [0.2, 0.25) is 5.91 Å². The summed E-state index contributed by atoms with van der Waals surface area (Å²) in [4.78, 5) is 28.1. The molecular weight excluding hydrogens is 397 g/mol. The molecule has 3 aromatic rings. The molecule has 0 bridgehead atoms. The van der Waals surface area contributed by atoms with Gasteiger partial charge in [0, 0.05) is 27.7 Å². The zero-order valence-corrected chi connectivity index (χ0v) is 14.6. The van der Waals surface area contributed by atoms with E-state index in [4.69, 9.17) is 0 Å². The number of pyridine rings is 1. The van der Waals surface area contributed by atoms with Crippen LogP contribution in [0.25, 0.3) is 11.3 Å². The van der Waals surface area contributed by atoms with Crippen LogP contribution in [0.15, 0.2) is 57.2 Å². The molecule has 2 aromatic heterocycles. The van der Waals surface area contributed by atoms with E-state index in [2.05, 4.69) is 26.2 Å². The van der Waals surface area contributed by atoms with Crippen molar-refractivity contribution in [3.05, 3.63) is 68.6 Å². The van der Waals surface area contributed by atoms with Crippen LogP contribution >= 0.6 is 27.3 Å². The molecule has 8 heteroatoms. The lowest BCUT2D eigenvalue weighted by molar-refractivity contribution is -0.116. The van der Waals surface area contributed by atoms with E-state index in [1.807, 2.05) is 0 Å². The van der Waals surface area contributed by atoms with Gasteiger partial charge in [0.05, 0.1) is 5.69 Å². The Balaban J connectivity index is 1.70. The Morgan fingerprint density at radius 1 is 1.25 bits per heavy atom. The Morgan fingerprint density at radius 2 is 2.00 bits per heavy atom. The number of thiazole rings is 1. The Morgan fingerprint density at radius 3 is 2.75 bits per heavy atom. The van der Waals surface area contributed by atoms with Crippen molar-refractivity contribution >= 4 is 38.3 Å². The zero-order valence-electron chi connectivity index (χ0n) is 12.2. The second-order valence-electron chi connectivity index (χ2n) is 4.91. The highest BCUT2D eigenvalue weighted by Crippen LogP contribution is 2.25. The van der Waals surface area contributed by atoms with E-state index in [0.717, 1.165) is 5.56 Å². The van der Waals surface area contributed by atoms with Crippen molar-refractivity contribution < 1.29 is 9.18 Å². The molecule has 1 N–H and O–H groups in total. The first-order valence-corrected chi connectivity index (χ1v) is 8.56. The van der Waals surface area contributed by atoms with Gasteiger partial charge < -0.3 is 9.88 Å². The van der Waals surface area contributed by atoms with Crippen LogP contribution in [0.2, 0.25) is 0 Å². The molecule has 3 rings (SSSR count). The Bertz CT molecular complexity index is 937. The molecule has 2 heterocycles. The molecule has 0 saturated carbocycles. The fourth-order valence-electron chi connectivity index (χ4n) is 2.02. The maximum absolute atomic E-state index is 12.9. The van der Waals surface area contributed by atoms with E-state index >= 15 is 0 Å². The van der Waals surface area contributed by atoms with Gasteiger partial charge in [-0.15, -0.1) is 11.3 Å². The van der Waals surface area contributed by atoms with Crippen molar-refractivity contribution in [3.63, 3.8) is 0 Å². The number of benzene rings is 1. The number of carbonyl (C=O) groups is 1. The van der Waals surface area contributed by atoms with Crippen LogP contribution in [-0.2, 0) is 11.3 Å². The molecule has 1 amide bonds. The first-order valence-electron chi connectivity index (χ1n) is 6.88. The first kappa shape index (κ1) is 16.5. The van der Waals surface area contributed by atoms with Crippen molar-refractivity contribution in [1.82, 2.24) is 9.55 Å². The molecule has 0 aliphatic heterocycles. The molecular formula is C16H11BrFN3O2S. The van der Waals surface area contributed by atoms with Gasteiger partial charge in [-0.25, -0.2) is 9.37 Å². The normalized spacial score (nSPS) is 10.6. The van der Waals surface area contributed by atoms with E-state index in [1.54, 1.807) is 29.8 Å². The zero-order chi connectivity index (χ0) is 17.1. The van der Waals surface area contributed by atoms with Gasteiger partial charge in [-0.1, -0.05) is 0 Å². The van der Waals surface area contributed by atoms with Crippen molar-refractivity contribution in [2.24, 2.45) is 0 Å². The number of nitrogens with zero attached hydrogens (tertiary/aromatic N) is 2. The third kappa shape index (κ3) is 3.95. The van der Waals surface area contributed by atoms with E-state index in [9.17, 15) is 14.0 Å². The summed E-state index contributed by atoms with van der Waals surface area (Å²) in [5.74, 6) is -0.669. The number of rotatable bonds is 4. The maximum Gasteiger partial charge on any atom is 0.251 e. The van der Waals surface area contributed by atoms with Crippen LogP contribution in [0.3, 0.4) is 0 Å². The molecule has 0 unspecified atom stereocenters. The Hall–Kier alpha value is -2.32. The second kappa shape index (κ2) is 7.06. The van der Waals surface area contributed by atoms with E-state index in [0.29, 0.717) is 15.3 Å². The summed E-state index contributed by atoms with van der Waals surface area (Å²) in [5.41, 5.74) is 1.14. The topological polar surface area (TPSA) is 64.0 Å². The lowest BCUT2D eigenvalue weighted by atomic mass is 10.2. The minimum absolute atomic E-state index is 0.107. The number of hydrogen-bond donors (Lipinski definition) is 1. The lowest BCUT2D eigenvalue weighted by Gasteiger charge is -2.05. The first-order chi connectivity index (χ1) is 11.5. The predicted molar refractivity (Wildman–Crippen MR) is 94.5 cm³/mol. The van der Waals surface area contributed by atoms with Gasteiger partial charge in [0.15, 0.2) is 5.13 Å². The highest BCUT2D eigenvalue weighted by atomic mass is 79.9. The van der Waals surface area contributed by atoms with Gasteiger partial charge in [-0.05, 0) is 46.3 Å². The molecule has 24 heavy (non-hydrogen) atoms. The fourth-order valence-corrected chi connectivity index (χ4v) is 3.14. The number of hydrogen-bond acceptors (Lipinski definition) is 4. The van der Waals surface area contributed by atoms with Crippen LogP contribution in [0.1, 0.15) is 0 Å². The fraction of sp³-hybridized carbons (Fsp3) is 0.0625. The van der Waals surface area contributed by atoms with Crippen LogP contribution in [0.4, 0.5) is 9.52 Å². The Kier molecular flexibility index (Phi) is 4.86. The molecule has 0 radical (unpaired) electrons. The molecule has 0 fully saturated rings. The Labute approximate surface area is 148 Å². The number of carbonyl (C=O) groups excluding carboxylic acids is 1. The molecule has 1 aromatic carbocycles. The van der Waals surface area contributed by atoms with Gasteiger partial charge in [-0.3, -0.25) is 9.59 Å². The third-order valence-electron chi connectivity index (χ3n) is 3.15. The highest BCUT2D eigenvalue weighted by Gasteiger charge is 2.10. The smallest absolute Gasteiger partial charge is 0.251 e. The van der Waals surface area contributed by atoms with Gasteiger partial charge in [0.25, 0.3) is 5.56 Å². The minimum Gasteiger partial charge on any atom is -0.305 e. The third-order valence-corrected chi connectivity index (χ3v) is 4.38. The number of amides is 1. The van der Waals surface area contributed by atoms with Crippen molar-refractivity contribution in [2.45, 2.75) is 6.54 Å². The molecule has 0 aliphatic carbocycles. The summed E-state index contributed by atoms with van der Waals surface area (Å²) in [6.07, 6.45) is 1.55. The highest BCUT2D eigenvalue weighted by molar-refractivity contribution is 9.10. The lowest BCUT2D eigenvalue weighted by Crippen LogP contribution is -2.26. The van der Waals surface area contributed by atoms with Crippen LogP contribution in [-0.4, -0.2) is 15.5 Å². The second-order valence-corrected chi connectivity index (χ2v) is 6.68. The molecule has 5 nitrogen and oxygen atoms in total. The molecule has 122 valence electrons. The largest absolute Gasteiger partial charge is 0.305 e. The number of nitrogens with one attached hydrogen (secondary N) is 1. The molecule has 0 atom stereocenters. The van der Waals surface area contributed by atoms with Crippen molar-refractivity contribution in [3.8, 4) is 11.3 Å². The minimum atomic E-state index is -0.352. The summed E-state index contributed by atoms with van der Waals surface area (Å²) >= 11 is 4.52. The monoisotopic (exact) mass is 407 g/mol. The quantitative estimate of drug-likeness (QED) is 0.719. The van der Waals surface area contributed by atoms with Gasteiger partial charge >= 0.3 is 0 Å². The summed E-state index contributed by atoms with van der Waals surface area (Å²) in [5, 5.41) is 4.85. The number of aromatic nitrogens is 2. The number of halogens is 2. The van der Waals surface area contributed by atoms with Crippen LogP contribution < -0.4 is 10.9 Å². The summed E-state index contributed by atoms with van der Waals surface area (Å²) in [6, 6.07) is 8.95. The van der Waals surface area contributed by atoms with E-state index < -0.39 is 0 Å². The summed E-state index contributed by atoms with van der Waals surface area (Å²) < 4.78 is 15.0. The van der Waals surface area contributed by atoms with E-state index in [-0.39, 0.29) is 23.8 Å². The van der Waals surface area contributed by atoms with Crippen LogP contribution in [0, 0.1) is 5.82 Å². The SMILES string of the molecule is O=C(Cn1cc(Br)ccc1=O)Nc1nc(-c2ccc(F)cc2)cs1. The predicted octanol–water partition coefficient (Wildman–Crippen LogP) is 3.51. The molecule has 0 saturated heterocycles. The van der Waals surface area contributed by atoms with Crippen molar-refractivity contribution in [2.75, 3.05) is 5.32 Å². The van der Waals surface area contributed by atoms with Gasteiger partial charge in [-0.2, -0.15) is 0 Å². The summed E-state index contributed by atoms with van der Waals surface area (Å²) in [7, 11) is 0. The van der Waals surface area contributed by atoms with E-state index in [1.165, 1.54) is 34.1 Å². The molecule has 0 spiro atoms. The van der Waals surface area contributed by atoms with Crippen LogP contribution in [0.5, 0.6) is 0 Å². The average molecular weight is 408 g/mol. The van der Waals surface area contributed by atoms with Crippen molar-refractivity contribution in [1.29, 1.82) is 0 Å².